The third kappa shape index (κ3) is 4.11. The van der Waals surface area contributed by atoms with Crippen LogP contribution in [0.4, 0.5) is 11.4 Å². The van der Waals surface area contributed by atoms with E-state index in [0.717, 1.165) is 21.4 Å². The lowest BCUT2D eigenvalue weighted by Crippen LogP contribution is -2.15. The molecule has 2 rings (SSSR count). The van der Waals surface area contributed by atoms with Crippen LogP contribution in [0.15, 0.2) is 36.4 Å². The first-order chi connectivity index (χ1) is 10.0. The molecule has 0 saturated heterocycles. The van der Waals surface area contributed by atoms with Crippen LogP contribution in [0.3, 0.4) is 0 Å². The lowest BCUT2D eigenvalue weighted by atomic mass is 10.1. The number of benzene rings is 2. The molecule has 110 valence electrons. The summed E-state index contributed by atoms with van der Waals surface area (Å²) in [6, 6.07) is 11.3. The number of nitrogens with one attached hydrogen (secondary N) is 2. The van der Waals surface area contributed by atoms with Crippen molar-refractivity contribution in [2.75, 3.05) is 17.2 Å². The Hall–Kier alpha value is -1.27. The fraction of sp³-hybridized carbons (Fsp3) is 0.188. The van der Waals surface area contributed by atoms with Crippen LogP contribution in [0.5, 0.6) is 0 Å². The van der Waals surface area contributed by atoms with Crippen LogP contribution >= 0.6 is 34.2 Å². The number of amides is 1. The molecule has 0 heterocycles. The van der Waals surface area contributed by atoms with Gasteiger partial charge in [-0.25, -0.2) is 0 Å². The van der Waals surface area contributed by atoms with Crippen molar-refractivity contribution >= 4 is 51.5 Å². The zero-order chi connectivity index (χ0) is 15.4. The molecule has 0 radical (unpaired) electrons. The van der Waals surface area contributed by atoms with E-state index in [9.17, 15) is 4.79 Å². The van der Waals surface area contributed by atoms with Crippen LogP contribution < -0.4 is 10.6 Å². The molecule has 0 saturated carbocycles. The first-order valence-electron chi connectivity index (χ1n) is 6.62. The predicted molar refractivity (Wildman–Crippen MR) is 97.5 cm³/mol. The van der Waals surface area contributed by atoms with Crippen LogP contribution in [0.1, 0.15) is 22.8 Å². The van der Waals surface area contributed by atoms with Crippen LogP contribution in [-0.2, 0) is 0 Å². The number of rotatable bonds is 4. The van der Waals surface area contributed by atoms with E-state index < -0.39 is 0 Å². The molecular weight excluding hydrogens is 399 g/mol. The fourth-order valence-corrected chi connectivity index (χ4v) is 2.87. The molecule has 0 spiro atoms. The van der Waals surface area contributed by atoms with Gasteiger partial charge in [-0.1, -0.05) is 23.2 Å². The molecule has 0 aliphatic rings. The van der Waals surface area contributed by atoms with Crippen LogP contribution in [-0.4, -0.2) is 12.5 Å². The maximum Gasteiger partial charge on any atom is 0.257 e. The minimum atomic E-state index is -0.169. The van der Waals surface area contributed by atoms with Gasteiger partial charge in [0.15, 0.2) is 0 Å². The van der Waals surface area contributed by atoms with Crippen molar-refractivity contribution < 1.29 is 4.79 Å². The second-order valence-electron chi connectivity index (χ2n) is 4.66. The minimum absolute atomic E-state index is 0.169. The molecular formula is C16H16ClIN2O. The van der Waals surface area contributed by atoms with Gasteiger partial charge in [0.2, 0.25) is 0 Å². The monoisotopic (exact) mass is 414 g/mol. The van der Waals surface area contributed by atoms with Crippen molar-refractivity contribution in [1.29, 1.82) is 0 Å². The Morgan fingerprint density at radius 2 is 1.90 bits per heavy atom. The molecule has 0 aliphatic heterocycles. The van der Waals surface area contributed by atoms with Gasteiger partial charge in [0.25, 0.3) is 5.91 Å². The van der Waals surface area contributed by atoms with E-state index in [0.29, 0.717) is 16.3 Å². The van der Waals surface area contributed by atoms with Gasteiger partial charge in [0.1, 0.15) is 0 Å². The maximum atomic E-state index is 12.5. The highest BCUT2D eigenvalue weighted by molar-refractivity contribution is 14.1. The number of carbonyl (C=O) groups is 1. The van der Waals surface area contributed by atoms with Gasteiger partial charge in [-0.3, -0.25) is 4.79 Å². The third-order valence-electron chi connectivity index (χ3n) is 2.97. The number of hydrogen-bond acceptors (Lipinski definition) is 2. The number of hydrogen-bond donors (Lipinski definition) is 2. The molecule has 21 heavy (non-hydrogen) atoms. The van der Waals surface area contributed by atoms with Gasteiger partial charge in [-0.05, 0) is 66.8 Å². The summed E-state index contributed by atoms with van der Waals surface area (Å²) < 4.78 is 1.03. The van der Waals surface area contributed by atoms with Crippen LogP contribution in [0.25, 0.3) is 0 Å². The van der Waals surface area contributed by atoms with Crippen LogP contribution in [0.2, 0.25) is 5.02 Å². The molecule has 3 nitrogen and oxygen atoms in total. The van der Waals surface area contributed by atoms with E-state index in [2.05, 4.69) is 33.2 Å². The number of carbonyl (C=O) groups excluding carboxylic acids is 1. The Labute approximate surface area is 143 Å². The van der Waals surface area contributed by atoms with E-state index in [1.807, 2.05) is 50.2 Å². The maximum absolute atomic E-state index is 12.5. The van der Waals surface area contributed by atoms with E-state index in [4.69, 9.17) is 11.6 Å². The molecule has 0 fully saturated rings. The standard InChI is InChI=1S/C16H16ClIN2O/c1-3-19-14-6-4-10(2)8-12(14)16(21)20-15-7-5-11(18)9-13(15)17/h4-9,19H,3H2,1-2H3,(H,20,21). The fourth-order valence-electron chi connectivity index (χ4n) is 1.97. The van der Waals surface area contributed by atoms with E-state index in [1.165, 1.54) is 0 Å². The highest BCUT2D eigenvalue weighted by Crippen LogP contribution is 2.25. The summed E-state index contributed by atoms with van der Waals surface area (Å²) in [6.45, 7) is 4.72. The first-order valence-corrected chi connectivity index (χ1v) is 8.08. The molecule has 0 bridgehead atoms. The van der Waals surface area contributed by atoms with E-state index >= 15 is 0 Å². The minimum Gasteiger partial charge on any atom is -0.385 e. The van der Waals surface area contributed by atoms with Gasteiger partial charge in [0, 0.05) is 15.8 Å². The molecule has 2 aromatic rings. The second-order valence-corrected chi connectivity index (χ2v) is 6.31. The Morgan fingerprint density at radius 3 is 2.57 bits per heavy atom. The Kier molecular flexibility index (Phi) is 5.47. The highest BCUT2D eigenvalue weighted by Gasteiger charge is 2.13. The second kappa shape index (κ2) is 7.13. The van der Waals surface area contributed by atoms with E-state index in [-0.39, 0.29) is 5.91 Å². The quantitative estimate of drug-likeness (QED) is 0.696. The molecule has 5 heteroatoms. The normalized spacial score (nSPS) is 10.3. The van der Waals surface area contributed by atoms with Gasteiger partial charge in [-0.15, -0.1) is 0 Å². The van der Waals surface area contributed by atoms with Crippen molar-refractivity contribution in [3.63, 3.8) is 0 Å². The van der Waals surface area contributed by atoms with Crippen molar-refractivity contribution in [3.8, 4) is 0 Å². The lowest BCUT2D eigenvalue weighted by molar-refractivity contribution is 0.102. The Bertz CT molecular complexity index is 673. The van der Waals surface area contributed by atoms with Gasteiger partial charge >= 0.3 is 0 Å². The lowest BCUT2D eigenvalue weighted by Gasteiger charge is -2.13. The van der Waals surface area contributed by atoms with Gasteiger partial charge in [-0.2, -0.15) is 0 Å². The summed E-state index contributed by atoms with van der Waals surface area (Å²) in [5.74, 6) is -0.169. The number of halogens is 2. The van der Waals surface area contributed by atoms with Crippen molar-refractivity contribution in [2.24, 2.45) is 0 Å². The predicted octanol–water partition coefficient (Wildman–Crippen LogP) is 4.94. The van der Waals surface area contributed by atoms with E-state index in [1.54, 1.807) is 0 Å². The molecule has 0 aromatic heterocycles. The molecule has 2 N–H and O–H groups in total. The first kappa shape index (κ1) is 16.1. The summed E-state index contributed by atoms with van der Waals surface area (Å²) in [7, 11) is 0. The Morgan fingerprint density at radius 1 is 1.19 bits per heavy atom. The zero-order valence-electron chi connectivity index (χ0n) is 11.8. The SMILES string of the molecule is CCNc1ccc(C)cc1C(=O)Nc1ccc(I)cc1Cl. The molecule has 0 unspecified atom stereocenters. The van der Waals surface area contributed by atoms with Crippen molar-refractivity contribution in [1.82, 2.24) is 0 Å². The average molecular weight is 415 g/mol. The van der Waals surface area contributed by atoms with Crippen molar-refractivity contribution in [2.45, 2.75) is 13.8 Å². The number of aryl methyl sites for hydroxylation is 1. The smallest absolute Gasteiger partial charge is 0.257 e. The van der Waals surface area contributed by atoms with Gasteiger partial charge < -0.3 is 10.6 Å². The topological polar surface area (TPSA) is 41.1 Å². The summed E-state index contributed by atoms with van der Waals surface area (Å²) in [4.78, 5) is 12.5. The molecule has 2 aromatic carbocycles. The summed E-state index contributed by atoms with van der Waals surface area (Å²) in [5, 5.41) is 6.60. The zero-order valence-corrected chi connectivity index (χ0v) is 14.7. The third-order valence-corrected chi connectivity index (χ3v) is 3.95. The largest absolute Gasteiger partial charge is 0.385 e. The van der Waals surface area contributed by atoms with Crippen molar-refractivity contribution in [3.05, 3.63) is 56.1 Å². The average Bonchev–Trinajstić information content (AvgIpc) is 2.44. The number of anilines is 2. The summed E-state index contributed by atoms with van der Waals surface area (Å²) in [6.07, 6.45) is 0. The summed E-state index contributed by atoms with van der Waals surface area (Å²) in [5.41, 5.74) is 3.09. The highest BCUT2D eigenvalue weighted by atomic mass is 127. The van der Waals surface area contributed by atoms with Gasteiger partial charge in [0.05, 0.1) is 16.3 Å². The molecule has 1 amide bonds. The summed E-state index contributed by atoms with van der Waals surface area (Å²) >= 11 is 8.34. The Balaban J connectivity index is 2.29. The molecule has 0 aliphatic carbocycles. The van der Waals surface area contributed by atoms with Crippen LogP contribution in [0, 0.1) is 10.5 Å². The molecule has 0 atom stereocenters.